The predicted octanol–water partition coefficient (Wildman–Crippen LogP) is 2.29. The highest BCUT2D eigenvalue weighted by atomic mass is 16.5. The van der Waals surface area contributed by atoms with Crippen molar-refractivity contribution in [3.8, 4) is 0 Å². The molecule has 2 heterocycles. The van der Waals surface area contributed by atoms with Gasteiger partial charge in [0, 0.05) is 31.6 Å². The Hall–Kier alpha value is -0.930. The first kappa shape index (κ1) is 11.6. The molecule has 3 nitrogen and oxygen atoms in total. The maximum atomic E-state index is 6.14. The van der Waals surface area contributed by atoms with E-state index in [4.69, 9.17) is 10.5 Å². The van der Waals surface area contributed by atoms with Crippen LogP contribution in [0.15, 0.2) is 24.5 Å². The van der Waals surface area contributed by atoms with Crippen molar-refractivity contribution >= 4 is 0 Å². The van der Waals surface area contributed by atoms with Gasteiger partial charge in [0.25, 0.3) is 0 Å². The minimum absolute atomic E-state index is 0.136. The molecule has 88 valence electrons. The third kappa shape index (κ3) is 3.29. The maximum Gasteiger partial charge on any atom is 0.0468 e. The van der Waals surface area contributed by atoms with Gasteiger partial charge in [-0.3, -0.25) is 4.98 Å². The number of nitrogens with two attached hydrogens (primary N) is 1. The van der Waals surface area contributed by atoms with Gasteiger partial charge in [0.05, 0.1) is 0 Å². The van der Waals surface area contributed by atoms with Gasteiger partial charge in [0.2, 0.25) is 0 Å². The first-order valence-electron chi connectivity index (χ1n) is 6.09. The summed E-state index contributed by atoms with van der Waals surface area (Å²) in [5.74, 6) is 0.802. The van der Waals surface area contributed by atoms with Crippen LogP contribution in [-0.4, -0.2) is 18.2 Å². The van der Waals surface area contributed by atoms with Crippen LogP contribution in [0.1, 0.15) is 37.3 Å². The van der Waals surface area contributed by atoms with Crippen molar-refractivity contribution in [1.82, 2.24) is 4.98 Å². The Morgan fingerprint density at radius 1 is 1.44 bits per heavy atom. The number of hydrogen-bond donors (Lipinski definition) is 1. The van der Waals surface area contributed by atoms with E-state index in [0.717, 1.165) is 31.1 Å². The molecule has 2 rings (SSSR count). The zero-order valence-corrected chi connectivity index (χ0v) is 9.64. The van der Waals surface area contributed by atoms with Gasteiger partial charge < -0.3 is 10.5 Å². The van der Waals surface area contributed by atoms with Crippen LogP contribution in [0.4, 0.5) is 0 Å². The van der Waals surface area contributed by atoms with E-state index in [9.17, 15) is 0 Å². The molecule has 0 saturated carbocycles. The average molecular weight is 220 g/mol. The lowest BCUT2D eigenvalue weighted by Gasteiger charge is -2.23. The lowest BCUT2D eigenvalue weighted by molar-refractivity contribution is 0.0627. The second-order valence-electron chi connectivity index (χ2n) is 4.53. The van der Waals surface area contributed by atoms with Crippen LogP contribution in [0.2, 0.25) is 0 Å². The zero-order chi connectivity index (χ0) is 11.2. The van der Waals surface area contributed by atoms with Crippen molar-refractivity contribution in [2.24, 2.45) is 11.7 Å². The smallest absolute Gasteiger partial charge is 0.0468 e. The van der Waals surface area contributed by atoms with Crippen LogP contribution in [0, 0.1) is 5.92 Å². The van der Waals surface area contributed by atoms with Crippen LogP contribution in [0.25, 0.3) is 0 Å². The first-order valence-corrected chi connectivity index (χ1v) is 6.09. The Bertz CT molecular complexity index is 296. The van der Waals surface area contributed by atoms with Crippen molar-refractivity contribution in [2.45, 2.75) is 31.7 Å². The summed E-state index contributed by atoms with van der Waals surface area (Å²) < 4.78 is 5.35. The molecule has 1 saturated heterocycles. The second kappa shape index (κ2) is 5.97. The topological polar surface area (TPSA) is 48.1 Å². The number of hydrogen-bond acceptors (Lipinski definition) is 3. The summed E-state index contributed by atoms with van der Waals surface area (Å²) in [7, 11) is 0. The summed E-state index contributed by atoms with van der Waals surface area (Å²) in [5.41, 5.74) is 7.29. The van der Waals surface area contributed by atoms with E-state index in [-0.39, 0.29) is 6.04 Å². The Kier molecular flexibility index (Phi) is 4.31. The number of pyridine rings is 1. The highest BCUT2D eigenvalue weighted by Crippen LogP contribution is 2.24. The molecule has 1 fully saturated rings. The van der Waals surface area contributed by atoms with Gasteiger partial charge in [0.15, 0.2) is 0 Å². The zero-order valence-electron chi connectivity index (χ0n) is 9.64. The lowest BCUT2D eigenvalue weighted by atomic mass is 9.91. The van der Waals surface area contributed by atoms with E-state index in [0.29, 0.717) is 0 Å². The molecule has 0 aromatic carbocycles. The minimum Gasteiger partial charge on any atom is -0.381 e. The standard InChI is InChI=1S/C13H20N2O/c14-13(12-2-1-7-15-10-12)4-3-11-5-8-16-9-6-11/h1-2,7,10-11,13H,3-6,8-9,14H2. The molecule has 1 unspecified atom stereocenters. The summed E-state index contributed by atoms with van der Waals surface area (Å²) in [4.78, 5) is 4.10. The molecular formula is C13H20N2O. The largest absolute Gasteiger partial charge is 0.381 e. The Balaban J connectivity index is 1.77. The Labute approximate surface area is 97.0 Å². The van der Waals surface area contributed by atoms with Crippen molar-refractivity contribution < 1.29 is 4.74 Å². The number of ether oxygens (including phenoxy) is 1. The first-order chi connectivity index (χ1) is 7.86. The highest BCUT2D eigenvalue weighted by Gasteiger charge is 2.15. The number of nitrogens with zero attached hydrogens (tertiary/aromatic N) is 1. The number of rotatable bonds is 4. The molecule has 0 spiro atoms. The van der Waals surface area contributed by atoms with Crippen LogP contribution in [0.3, 0.4) is 0 Å². The second-order valence-corrected chi connectivity index (χ2v) is 4.53. The molecule has 1 aliphatic heterocycles. The van der Waals surface area contributed by atoms with Gasteiger partial charge >= 0.3 is 0 Å². The van der Waals surface area contributed by atoms with E-state index < -0.39 is 0 Å². The summed E-state index contributed by atoms with van der Waals surface area (Å²) in [6.45, 7) is 1.85. The van der Waals surface area contributed by atoms with Crippen molar-refractivity contribution in [2.75, 3.05) is 13.2 Å². The molecule has 0 amide bonds. The Morgan fingerprint density at radius 3 is 2.94 bits per heavy atom. The molecule has 1 aromatic rings. The molecular weight excluding hydrogens is 200 g/mol. The molecule has 0 radical (unpaired) electrons. The van der Waals surface area contributed by atoms with E-state index in [1.807, 2.05) is 12.3 Å². The quantitative estimate of drug-likeness (QED) is 0.847. The van der Waals surface area contributed by atoms with E-state index in [1.165, 1.54) is 19.3 Å². The van der Waals surface area contributed by atoms with Crippen molar-refractivity contribution in [1.29, 1.82) is 0 Å². The normalized spacial score (nSPS) is 19.6. The van der Waals surface area contributed by atoms with Crippen molar-refractivity contribution in [3.63, 3.8) is 0 Å². The molecule has 2 N–H and O–H groups in total. The lowest BCUT2D eigenvalue weighted by Crippen LogP contribution is -2.18. The monoisotopic (exact) mass is 220 g/mol. The van der Waals surface area contributed by atoms with Gasteiger partial charge in [-0.15, -0.1) is 0 Å². The summed E-state index contributed by atoms with van der Waals surface area (Å²) in [6, 6.07) is 4.14. The summed E-state index contributed by atoms with van der Waals surface area (Å²) >= 11 is 0. The molecule has 0 bridgehead atoms. The fourth-order valence-corrected chi connectivity index (χ4v) is 2.21. The molecule has 16 heavy (non-hydrogen) atoms. The molecule has 1 aliphatic rings. The SMILES string of the molecule is NC(CCC1CCOCC1)c1cccnc1. The molecule has 1 atom stereocenters. The van der Waals surface area contributed by atoms with Crippen LogP contribution < -0.4 is 5.73 Å². The van der Waals surface area contributed by atoms with Crippen molar-refractivity contribution in [3.05, 3.63) is 30.1 Å². The number of aromatic nitrogens is 1. The highest BCUT2D eigenvalue weighted by molar-refractivity contribution is 5.12. The van der Waals surface area contributed by atoms with Crippen LogP contribution >= 0.6 is 0 Å². The third-order valence-corrected chi connectivity index (χ3v) is 3.34. The van der Waals surface area contributed by atoms with E-state index in [1.54, 1.807) is 6.20 Å². The third-order valence-electron chi connectivity index (χ3n) is 3.34. The molecule has 1 aromatic heterocycles. The van der Waals surface area contributed by atoms with E-state index >= 15 is 0 Å². The van der Waals surface area contributed by atoms with Gasteiger partial charge in [-0.2, -0.15) is 0 Å². The van der Waals surface area contributed by atoms with Gasteiger partial charge in [-0.25, -0.2) is 0 Å². The summed E-state index contributed by atoms with van der Waals surface area (Å²) in [5, 5.41) is 0. The Morgan fingerprint density at radius 2 is 2.25 bits per heavy atom. The maximum absolute atomic E-state index is 6.14. The fraction of sp³-hybridized carbons (Fsp3) is 0.615. The fourth-order valence-electron chi connectivity index (χ4n) is 2.21. The van der Waals surface area contributed by atoms with E-state index in [2.05, 4.69) is 11.1 Å². The van der Waals surface area contributed by atoms with Crippen LogP contribution in [0.5, 0.6) is 0 Å². The van der Waals surface area contributed by atoms with Gasteiger partial charge in [0.1, 0.15) is 0 Å². The average Bonchev–Trinajstić information content (AvgIpc) is 2.38. The van der Waals surface area contributed by atoms with Gasteiger partial charge in [-0.1, -0.05) is 6.07 Å². The summed E-state index contributed by atoms with van der Waals surface area (Å²) in [6.07, 6.45) is 8.30. The minimum atomic E-state index is 0.136. The van der Waals surface area contributed by atoms with Crippen LogP contribution in [-0.2, 0) is 4.74 Å². The molecule has 0 aliphatic carbocycles. The predicted molar refractivity (Wildman–Crippen MR) is 63.9 cm³/mol. The molecule has 3 heteroatoms. The van der Waals surface area contributed by atoms with Gasteiger partial charge in [-0.05, 0) is 43.2 Å².